The third kappa shape index (κ3) is 19.3. The van der Waals surface area contributed by atoms with Crippen molar-refractivity contribution in [2.24, 2.45) is 0 Å². The Labute approximate surface area is 128 Å². The van der Waals surface area contributed by atoms with Gasteiger partial charge in [-0.3, -0.25) is 0 Å². The van der Waals surface area contributed by atoms with Crippen LogP contribution >= 0.6 is 0 Å². The molecule has 0 saturated carbocycles. The lowest BCUT2D eigenvalue weighted by Gasteiger charge is -1.88. The van der Waals surface area contributed by atoms with E-state index in [1.807, 2.05) is 0 Å². The van der Waals surface area contributed by atoms with Gasteiger partial charge in [0.15, 0.2) is 0 Å². The van der Waals surface area contributed by atoms with Gasteiger partial charge < -0.3 is 0 Å². The van der Waals surface area contributed by atoms with Crippen LogP contribution in [0.4, 0.5) is 0 Å². The summed E-state index contributed by atoms with van der Waals surface area (Å²) in [5.41, 5.74) is 0. The minimum absolute atomic E-state index is 0. The molecule has 0 aliphatic heterocycles. The number of allylic oxidation sites excluding steroid dienone is 8. The molecule has 0 aliphatic carbocycles. The molecule has 0 rings (SSSR count). The summed E-state index contributed by atoms with van der Waals surface area (Å²) in [6.45, 7) is 4.47. The summed E-state index contributed by atoms with van der Waals surface area (Å²) in [6.07, 6.45) is 29.0. The third-order valence-corrected chi connectivity index (χ3v) is 2.93. The van der Waals surface area contributed by atoms with Crippen LogP contribution in [0.3, 0.4) is 0 Å². The molecule has 0 radical (unpaired) electrons. The zero-order valence-electron chi connectivity index (χ0n) is 13.0. The Balaban J connectivity index is 0. The molecule has 0 heterocycles. The van der Waals surface area contributed by atoms with Crippen LogP contribution in [0.25, 0.3) is 0 Å². The van der Waals surface area contributed by atoms with E-state index in [0.29, 0.717) is 0 Å². The standard InChI is InChI=1S/C19H32.CH4/c1-3-5-7-9-11-13-15-17-19-18-16-14-12-10-8-6-4-2;/h9-12,15-18H,3-8,13-14,19H2,1-2H3;1H4/b11-9-,12-10-,17-15-,18-16-;. The van der Waals surface area contributed by atoms with E-state index in [0.717, 1.165) is 19.3 Å². The zero-order valence-corrected chi connectivity index (χ0v) is 13.0. The van der Waals surface area contributed by atoms with Gasteiger partial charge in [0.2, 0.25) is 0 Å². The van der Waals surface area contributed by atoms with E-state index in [9.17, 15) is 0 Å². The number of rotatable bonds is 12. The van der Waals surface area contributed by atoms with Crippen molar-refractivity contribution in [2.45, 2.75) is 79.1 Å². The highest BCUT2D eigenvalue weighted by molar-refractivity contribution is 4.99. The number of unbranched alkanes of at least 4 members (excludes halogenated alkanes) is 4. The van der Waals surface area contributed by atoms with Gasteiger partial charge in [0.05, 0.1) is 0 Å². The second-order valence-corrected chi connectivity index (χ2v) is 4.88. The van der Waals surface area contributed by atoms with Gasteiger partial charge in [-0.1, -0.05) is 95.6 Å². The van der Waals surface area contributed by atoms with Gasteiger partial charge in [-0.05, 0) is 32.1 Å². The molecule has 0 amide bonds. The van der Waals surface area contributed by atoms with Crippen molar-refractivity contribution in [2.75, 3.05) is 0 Å². The largest absolute Gasteiger partial charge is 0.0882 e. The molecule has 20 heavy (non-hydrogen) atoms. The van der Waals surface area contributed by atoms with Gasteiger partial charge in [0.25, 0.3) is 0 Å². The van der Waals surface area contributed by atoms with Gasteiger partial charge in [-0.15, -0.1) is 0 Å². The molecule has 0 nitrogen and oxygen atoms in total. The third-order valence-electron chi connectivity index (χ3n) is 2.93. The van der Waals surface area contributed by atoms with Crippen LogP contribution < -0.4 is 0 Å². The van der Waals surface area contributed by atoms with E-state index >= 15 is 0 Å². The predicted molar refractivity (Wildman–Crippen MR) is 96.2 cm³/mol. The molecular formula is C20H36. The molecule has 0 aromatic heterocycles. The summed E-state index contributed by atoms with van der Waals surface area (Å²) in [6, 6.07) is 0. The van der Waals surface area contributed by atoms with E-state index in [1.165, 1.54) is 38.5 Å². The lowest BCUT2D eigenvalue weighted by Crippen LogP contribution is -1.67. The first-order valence-corrected chi connectivity index (χ1v) is 8.01. The second kappa shape index (κ2) is 20.3. The van der Waals surface area contributed by atoms with Gasteiger partial charge >= 0.3 is 0 Å². The molecule has 0 bridgehead atoms. The van der Waals surface area contributed by atoms with Crippen molar-refractivity contribution in [1.29, 1.82) is 0 Å². The fourth-order valence-corrected chi connectivity index (χ4v) is 1.69. The van der Waals surface area contributed by atoms with Crippen LogP contribution in [0.1, 0.15) is 79.1 Å². The van der Waals surface area contributed by atoms with Crippen LogP contribution in [0, 0.1) is 0 Å². The Morgan fingerprint density at radius 2 is 0.800 bits per heavy atom. The summed E-state index contributed by atoms with van der Waals surface area (Å²) in [5.74, 6) is 0. The summed E-state index contributed by atoms with van der Waals surface area (Å²) in [4.78, 5) is 0. The van der Waals surface area contributed by atoms with E-state index in [2.05, 4.69) is 62.5 Å². The normalized spacial score (nSPS) is 12.1. The molecule has 0 saturated heterocycles. The van der Waals surface area contributed by atoms with Crippen LogP contribution in [-0.4, -0.2) is 0 Å². The number of hydrogen-bond donors (Lipinski definition) is 0. The quantitative estimate of drug-likeness (QED) is 0.257. The minimum Gasteiger partial charge on any atom is -0.0882 e. The summed E-state index contributed by atoms with van der Waals surface area (Å²) in [7, 11) is 0. The van der Waals surface area contributed by atoms with Crippen molar-refractivity contribution in [3.05, 3.63) is 48.6 Å². The minimum atomic E-state index is 0. The Bertz CT molecular complexity index is 238. The molecule has 0 N–H and O–H groups in total. The fraction of sp³-hybridized carbons (Fsp3) is 0.600. The van der Waals surface area contributed by atoms with Crippen molar-refractivity contribution in [1.82, 2.24) is 0 Å². The van der Waals surface area contributed by atoms with E-state index in [1.54, 1.807) is 0 Å². The van der Waals surface area contributed by atoms with Gasteiger partial charge in [-0.25, -0.2) is 0 Å². The van der Waals surface area contributed by atoms with Crippen molar-refractivity contribution >= 4 is 0 Å². The lowest BCUT2D eigenvalue weighted by atomic mass is 10.2. The first-order valence-electron chi connectivity index (χ1n) is 8.01. The molecule has 0 aliphatic rings. The smallest absolute Gasteiger partial charge is 0.0169 e. The van der Waals surface area contributed by atoms with Gasteiger partial charge in [0, 0.05) is 0 Å². The molecule has 0 fully saturated rings. The maximum atomic E-state index is 2.30. The van der Waals surface area contributed by atoms with E-state index < -0.39 is 0 Å². The Kier molecular flexibility index (Phi) is 21.6. The van der Waals surface area contributed by atoms with Crippen LogP contribution in [0.2, 0.25) is 0 Å². The van der Waals surface area contributed by atoms with Crippen molar-refractivity contribution < 1.29 is 0 Å². The highest BCUT2D eigenvalue weighted by Gasteiger charge is 1.78. The Hall–Kier alpha value is -1.04. The maximum absolute atomic E-state index is 2.30. The van der Waals surface area contributed by atoms with Gasteiger partial charge in [0.1, 0.15) is 0 Å². The Morgan fingerprint density at radius 3 is 1.10 bits per heavy atom. The molecule has 0 atom stereocenters. The summed E-state index contributed by atoms with van der Waals surface area (Å²) in [5, 5.41) is 0. The molecule has 0 aromatic rings. The topological polar surface area (TPSA) is 0 Å². The monoisotopic (exact) mass is 276 g/mol. The highest BCUT2D eigenvalue weighted by Crippen LogP contribution is 1.99. The van der Waals surface area contributed by atoms with Crippen LogP contribution in [0.5, 0.6) is 0 Å². The number of hydrogen-bond acceptors (Lipinski definition) is 0. The maximum Gasteiger partial charge on any atom is -0.0169 e. The van der Waals surface area contributed by atoms with E-state index in [-0.39, 0.29) is 7.43 Å². The zero-order chi connectivity index (χ0) is 14.0. The SMILES string of the molecule is C.CCCC/C=C\C/C=C\C/C=C\C/C=C\CCCC. The van der Waals surface area contributed by atoms with Crippen molar-refractivity contribution in [3.8, 4) is 0 Å². The van der Waals surface area contributed by atoms with Gasteiger partial charge in [-0.2, -0.15) is 0 Å². The molecule has 0 aromatic carbocycles. The average molecular weight is 277 g/mol. The fourth-order valence-electron chi connectivity index (χ4n) is 1.69. The molecule has 116 valence electrons. The molecule has 0 heteroatoms. The first kappa shape index (κ1) is 21.3. The predicted octanol–water partition coefficient (Wildman–Crippen LogP) is 7.40. The first-order chi connectivity index (χ1) is 9.41. The summed E-state index contributed by atoms with van der Waals surface area (Å²) >= 11 is 0. The van der Waals surface area contributed by atoms with E-state index in [4.69, 9.17) is 0 Å². The average Bonchev–Trinajstić information content (AvgIpc) is 2.43. The van der Waals surface area contributed by atoms with Crippen molar-refractivity contribution in [3.63, 3.8) is 0 Å². The highest BCUT2D eigenvalue weighted by atomic mass is 13.8. The molecule has 0 unspecified atom stereocenters. The van der Waals surface area contributed by atoms with Crippen LogP contribution in [0.15, 0.2) is 48.6 Å². The Morgan fingerprint density at radius 1 is 0.500 bits per heavy atom. The molecule has 0 spiro atoms. The molecular weight excluding hydrogens is 240 g/mol. The second-order valence-electron chi connectivity index (χ2n) is 4.88. The lowest BCUT2D eigenvalue weighted by molar-refractivity contribution is 0.813. The summed E-state index contributed by atoms with van der Waals surface area (Å²) < 4.78 is 0. The van der Waals surface area contributed by atoms with Crippen LogP contribution in [-0.2, 0) is 0 Å².